The van der Waals surface area contributed by atoms with Gasteiger partial charge in [-0.3, -0.25) is 9.10 Å². The molecule has 2 aromatic heterocycles. The predicted octanol–water partition coefficient (Wildman–Crippen LogP) is 3.61. The van der Waals surface area contributed by atoms with Crippen LogP contribution in [0.5, 0.6) is 0 Å². The van der Waals surface area contributed by atoms with Crippen molar-refractivity contribution in [2.45, 2.75) is 13.3 Å². The summed E-state index contributed by atoms with van der Waals surface area (Å²) in [7, 11) is -3.61. The molecule has 0 saturated heterocycles. The first-order chi connectivity index (χ1) is 14.7. The second kappa shape index (κ2) is 7.90. The molecular formula is C22H22FN3O4S. The summed E-state index contributed by atoms with van der Waals surface area (Å²) in [5.74, 6) is -0.0651. The molecule has 0 saturated carbocycles. The van der Waals surface area contributed by atoms with Gasteiger partial charge in [0.15, 0.2) is 11.6 Å². The van der Waals surface area contributed by atoms with Crippen LogP contribution in [0.25, 0.3) is 28.0 Å². The molecule has 0 unspecified atom stereocenters. The second-order valence-corrected chi connectivity index (χ2v) is 9.32. The van der Waals surface area contributed by atoms with Crippen LogP contribution in [0.4, 0.5) is 10.2 Å². The Kier molecular flexibility index (Phi) is 5.40. The SMILES string of the molecule is C=C1CNCCN(S(C)(=O)=O)c2nc3oc(-c4ccc(F)cc4)c(C(=O)CC)c3cc21. The number of ketones is 1. The number of nitrogens with zero attached hydrogens (tertiary/aromatic N) is 2. The van der Waals surface area contributed by atoms with Crippen LogP contribution in [-0.2, 0) is 10.0 Å². The van der Waals surface area contributed by atoms with E-state index < -0.39 is 15.8 Å². The van der Waals surface area contributed by atoms with Crippen molar-refractivity contribution in [2.24, 2.45) is 0 Å². The lowest BCUT2D eigenvalue weighted by atomic mass is 9.99. The fraction of sp³-hybridized carbons (Fsp3) is 0.273. The van der Waals surface area contributed by atoms with Crippen molar-refractivity contribution in [3.8, 4) is 11.3 Å². The van der Waals surface area contributed by atoms with E-state index >= 15 is 0 Å². The molecule has 1 aliphatic rings. The third-order valence-corrected chi connectivity index (χ3v) is 6.37. The molecule has 4 rings (SSSR count). The molecule has 7 nitrogen and oxygen atoms in total. The fourth-order valence-electron chi connectivity index (χ4n) is 3.67. The number of furan rings is 1. The van der Waals surface area contributed by atoms with E-state index in [-0.39, 0.29) is 36.0 Å². The molecule has 0 spiro atoms. The third kappa shape index (κ3) is 3.86. The number of aromatic nitrogens is 1. The van der Waals surface area contributed by atoms with E-state index in [9.17, 15) is 17.6 Å². The van der Waals surface area contributed by atoms with Crippen LogP contribution in [0.15, 0.2) is 41.3 Å². The zero-order valence-corrected chi connectivity index (χ0v) is 18.1. The van der Waals surface area contributed by atoms with Gasteiger partial charge in [-0.2, -0.15) is 4.98 Å². The Bertz CT molecular complexity index is 1300. The first kappa shape index (κ1) is 21.2. The number of Topliss-reactive ketones (excluding diaryl/α,β-unsaturated/α-hetero) is 1. The monoisotopic (exact) mass is 443 g/mol. The Morgan fingerprint density at radius 3 is 2.68 bits per heavy atom. The van der Waals surface area contributed by atoms with E-state index in [1.165, 1.54) is 28.6 Å². The average Bonchev–Trinajstić information content (AvgIpc) is 3.08. The Hall–Kier alpha value is -3.04. The lowest BCUT2D eigenvalue weighted by molar-refractivity contribution is 0.0989. The van der Waals surface area contributed by atoms with Crippen LogP contribution < -0.4 is 9.62 Å². The van der Waals surface area contributed by atoms with Crippen molar-refractivity contribution in [2.75, 3.05) is 30.2 Å². The van der Waals surface area contributed by atoms with Crippen LogP contribution in [0.2, 0.25) is 0 Å². The summed E-state index contributed by atoms with van der Waals surface area (Å²) in [6.45, 7) is 6.90. The molecule has 0 atom stereocenters. The number of rotatable bonds is 4. The number of benzene rings is 1. The van der Waals surface area contributed by atoms with Crippen molar-refractivity contribution in [1.82, 2.24) is 10.3 Å². The fourth-order valence-corrected chi connectivity index (χ4v) is 4.54. The molecule has 162 valence electrons. The Balaban J connectivity index is 2.04. The zero-order chi connectivity index (χ0) is 22.3. The minimum atomic E-state index is -3.61. The summed E-state index contributed by atoms with van der Waals surface area (Å²) in [6, 6.07) is 7.34. The molecule has 3 heterocycles. The maximum atomic E-state index is 13.4. The van der Waals surface area contributed by atoms with Crippen molar-refractivity contribution >= 4 is 38.3 Å². The van der Waals surface area contributed by atoms with Gasteiger partial charge in [0.1, 0.15) is 11.6 Å². The van der Waals surface area contributed by atoms with Crippen molar-refractivity contribution in [3.05, 3.63) is 53.9 Å². The third-order valence-electron chi connectivity index (χ3n) is 5.22. The highest BCUT2D eigenvalue weighted by atomic mass is 32.2. The van der Waals surface area contributed by atoms with Gasteiger partial charge in [-0.05, 0) is 35.9 Å². The van der Waals surface area contributed by atoms with E-state index in [1.54, 1.807) is 13.0 Å². The number of hydrogen-bond acceptors (Lipinski definition) is 6. The number of fused-ring (bicyclic) bond motifs is 2. The van der Waals surface area contributed by atoms with Gasteiger partial charge in [0.25, 0.3) is 0 Å². The first-order valence-electron chi connectivity index (χ1n) is 9.84. The summed E-state index contributed by atoms with van der Waals surface area (Å²) in [5.41, 5.74) is 2.20. The number of halogens is 1. The van der Waals surface area contributed by atoms with Crippen LogP contribution in [-0.4, -0.2) is 45.1 Å². The maximum absolute atomic E-state index is 13.4. The normalized spacial score (nSPS) is 14.9. The van der Waals surface area contributed by atoms with E-state index in [0.29, 0.717) is 40.7 Å². The minimum Gasteiger partial charge on any atom is -0.437 e. The number of nitrogens with one attached hydrogen (secondary N) is 1. The Labute approximate surface area is 179 Å². The molecule has 0 bridgehead atoms. The van der Waals surface area contributed by atoms with Crippen LogP contribution in [0, 0.1) is 5.82 Å². The molecule has 0 fully saturated rings. The number of carbonyl (C=O) groups excluding carboxylic acids is 1. The molecule has 0 aliphatic carbocycles. The van der Waals surface area contributed by atoms with Gasteiger partial charge < -0.3 is 9.73 Å². The van der Waals surface area contributed by atoms with Gasteiger partial charge in [0, 0.05) is 37.2 Å². The summed E-state index contributed by atoms with van der Waals surface area (Å²) in [5, 5.41) is 3.63. The average molecular weight is 444 g/mol. The van der Waals surface area contributed by atoms with Crippen molar-refractivity contribution in [3.63, 3.8) is 0 Å². The number of sulfonamides is 1. The van der Waals surface area contributed by atoms with Gasteiger partial charge >= 0.3 is 0 Å². The number of hydrogen-bond donors (Lipinski definition) is 1. The topological polar surface area (TPSA) is 92.5 Å². The lowest BCUT2D eigenvalue weighted by Gasteiger charge is -2.27. The highest BCUT2D eigenvalue weighted by molar-refractivity contribution is 7.92. The summed E-state index contributed by atoms with van der Waals surface area (Å²) >= 11 is 0. The number of anilines is 1. The molecular weight excluding hydrogens is 421 g/mol. The Morgan fingerprint density at radius 2 is 2.03 bits per heavy atom. The number of carbonyl (C=O) groups is 1. The van der Waals surface area contributed by atoms with E-state index in [0.717, 1.165) is 6.26 Å². The van der Waals surface area contributed by atoms with Crippen molar-refractivity contribution < 1.29 is 22.0 Å². The van der Waals surface area contributed by atoms with Gasteiger partial charge in [-0.1, -0.05) is 13.5 Å². The molecule has 0 radical (unpaired) electrons. The summed E-state index contributed by atoms with van der Waals surface area (Å²) in [6.07, 6.45) is 1.35. The summed E-state index contributed by atoms with van der Waals surface area (Å²) in [4.78, 5) is 17.4. The molecule has 1 N–H and O–H groups in total. The lowest BCUT2D eigenvalue weighted by Crippen LogP contribution is -2.39. The van der Waals surface area contributed by atoms with E-state index in [1.807, 2.05) is 0 Å². The highest BCUT2D eigenvalue weighted by Crippen LogP contribution is 2.38. The van der Waals surface area contributed by atoms with Gasteiger partial charge in [0.2, 0.25) is 15.7 Å². The smallest absolute Gasteiger partial charge is 0.233 e. The van der Waals surface area contributed by atoms with Gasteiger partial charge in [-0.15, -0.1) is 0 Å². The van der Waals surface area contributed by atoms with Crippen LogP contribution >= 0.6 is 0 Å². The molecule has 9 heteroatoms. The number of pyridine rings is 1. The molecule has 3 aromatic rings. The predicted molar refractivity (Wildman–Crippen MR) is 118 cm³/mol. The first-order valence-corrected chi connectivity index (χ1v) is 11.7. The minimum absolute atomic E-state index is 0.143. The highest BCUT2D eigenvalue weighted by Gasteiger charge is 2.29. The van der Waals surface area contributed by atoms with Gasteiger partial charge in [0.05, 0.1) is 17.2 Å². The zero-order valence-electron chi connectivity index (χ0n) is 17.2. The van der Waals surface area contributed by atoms with Gasteiger partial charge in [-0.25, -0.2) is 12.8 Å². The Morgan fingerprint density at radius 1 is 1.32 bits per heavy atom. The van der Waals surface area contributed by atoms with Crippen LogP contribution in [0.3, 0.4) is 0 Å². The standard InChI is InChI=1S/C22H22FN3O4S/c1-4-18(27)19-17-11-16-13(2)12-24-9-10-26(31(3,28)29)21(16)25-22(17)30-20(19)14-5-7-15(23)8-6-14/h5-8,11,24H,2,4,9-10,12H2,1,3H3. The molecule has 31 heavy (non-hydrogen) atoms. The summed E-state index contributed by atoms with van der Waals surface area (Å²) < 4.78 is 45.5. The molecule has 1 aliphatic heterocycles. The molecule has 0 amide bonds. The molecule has 1 aromatic carbocycles. The maximum Gasteiger partial charge on any atom is 0.233 e. The van der Waals surface area contributed by atoms with Crippen LogP contribution in [0.1, 0.15) is 29.3 Å². The quantitative estimate of drug-likeness (QED) is 0.620. The largest absolute Gasteiger partial charge is 0.437 e. The van der Waals surface area contributed by atoms with E-state index in [4.69, 9.17) is 4.42 Å². The van der Waals surface area contributed by atoms with Crippen molar-refractivity contribution in [1.29, 1.82) is 0 Å². The second-order valence-electron chi connectivity index (χ2n) is 7.42. The van der Waals surface area contributed by atoms with E-state index in [2.05, 4.69) is 16.9 Å².